The number of rotatable bonds is 3. The minimum atomic E-state index is -0.434. The molecule has 90 valence electrons. The smallest absolute Gasteiger partial charge is 0.298 e. The molecule has 0 fully saturated rings. The fourth-order valence-corrected chi connectivity index (χ4v) is 2.12. The summed E-state index contributed by atoms with van der Waals surface area (Å²) in [4.78, 5) is 14.8. The molecule has 0 saturated carbocycles. The zero-order chi connectivity index (χ0) is 12.6. The first kappa shape index (κ1) is 12.0. The van der Waals surface area contributed by atoms with Crippen molar-refractivity contribution in [2.24, 2.45) is 7.05 Å². The van der Waals surface area contributed by atoms with Crippen LogP contribution in [0.2, 0.25) is 0 Å². The van der Waals surface area contributed by atoms with E-state index in [1.807, 2.05) is 0 Å². The topological polar surface area (TPSA) is 70.2 Å². The van der Waals surface area contributed by atoms with Crippen LogP contribution in [0.25, 0.3) is 11.0 Å². The van der Waals surface area contributed by atoms with Crippen molar-refractivity contribution in [2.75, 3.05) is 7.11 Å². The SMILES string of the molecule is COCc1nc2c([N+](=O)[O-])cc(Br)cc2n1C. The van der Waals surface area contributed by atoms with Crippen molar-refractivity contribution in [3.63, 3.8) is 0 Å². The predicted molar refractivity (Wildman–Crippen MR) is 65.8 cm³/mol. The molecule has 0 aliphatic carbocycles. The van der Waals surface area contributed by atoms with Crippen molar-refractivity contribution in [3.8, 4) is 0 Å². The number of hydrogen-bond acceptors (Lipinski definition) is 4. The summed E-state index contributed by atoms with van der Waals surface area (Å²) in [5.74, 6) is 0.656. The Bertz CT molecular complexity index is 594. The number of halogens is 1. The van der Waals surface area contributed by atoms with Gasteiger partial charge in [-0.1, -0.05) is 15.9 Å². The molecule has 0 atom stereocenters. The summed E-state index contributed by atoms with van der Waals surface area (Å²) in [5, 5.41) is 10.9. The van der Waals surface area contributed by atoms with E-state index in [1.165, 1.54) is 6.07 Å². The van der Waals surface area contributed by atoms with E-state index in [9.17, 15) is 10.1 Å². The van der Waals surface area contributed by atoms with Crippen LogP contribution in [0.5, 0.6) is 0 Å². The zero-order valence-electron chi connectivity index (χ0n) is 9.31. The largest absolute Gasteiger partial charge is 0.377 e. The number of fused-ring (bicyclic) bond motifs is 1. The molecule has 0 unspecified atom stereocenters. The van der Waals surface area contributed by atoms with Gasteiger partial charge in [0.15, 0.2) is 5.52 Å². The lowest BCUT2D eigenvalue weighted by Gasteiger charge is -2.00. The molecule has 0 N–H and O–H groups in total. The van der Waals surface area contributed by atoms with Crippen molar-refractivity contribution >= 4 is 32.7 Å². The first-order valence-corrected chi connectivity index (χ1v) is 5.62. The molecule has 0 spiro atoms. The molecule has 0 bridgehead atoms. The van der Waals surface area contributed by atoms with E-state index in [0.29, 0.717) is 27.9 Å². The zero-order valence-corrected chi connectivity index (χ0v) is 10.9. The fourth-order valence-electron chi connectivity index (χ4n) is 1.68. The average Bonchev–Trinajstić information content (AvgIpc) is 2.56. The van der Waals surface area contributed by atoms with Crippen molar-refractivity contribution in [2.45, 2.75) is 6.61 Å². The molecule has 0 amide bonds. The lowest BCUT2D eigenvalue weighted by atomic mass is 10.3. The van der Waals surface area contributed by atoms with Gasteiger partial charge in [-0.3, -0.25) is 10.1 Å². The number of benzene rings is 1. The highest BCUT2D eigenvalue weighted by atomic mass is 79.9. The summed E-state index contributed by atoms with van der Waals surface area (Å²) >= 11 is 3.26. The van der Waals surface area contributed by atoms with Gasteiger partial charge in [-0.2, -0.15) is 0 Å². The van der Waals surface area contributed by atoms with Crippen molar-refractivity contribution < 1.29 is 9.66 Å². The maximum Gasteiger partial charge on any atom is 0.298 e. The van der Waals surface area contributed by atoms with Crippen LogP contribution in [-0.4, -0.2) is 21.6 Å². The van der Waals surface area contributed by atoms with Gasteiger partial charge in [-0.05, 0) is 6.07 Å². The van der Waals surface area contributed by atoms with Gasteiger partial charge < -0.3 is 9.30 Å². The molecule has 0 radical (unpaired) electrons. The Morgan fingerprint density at radius 1 is 1.59 bits per heavy atom. The number of non-ortho nitro benzene ring substituents is 1. The Morgan fingerprint density at radius 2 is 2.29 bits per heavy atom. The second-order valence-corrected chi connectivity index (χ2v) is 4.49. The number of nitrogens with zero attached hydrogens (tertiary/aromatic N) is 3. The number of aromatic nitrogens is 2. The third-order valence-electron chi connectivity index (χ3n) is 2.49. The highest BCUT2D eigenvalue weighted by molar-refractivity contribution is 9.10. The standard InChI is InChI=1S/C10H10BrN3O3/c1-13-7-3-6(11)4-8(14(15)16)10(7)12-9(13)5-17-2/h3-4H,5H2,1-2H3. The van der Waals surface area contributed by atoms with Gasteiger partial charge >= 0.3 is 0 Å². The number of methoxy groups -OCH3 is 1. The van der Waals surface area contributed by atoms with Gasteiger partial charge in [0.1, 0.15) is 12.4 Å². The molecule has 7 heteroatoms. The minimum Gasteiger partial charge on any atom is -0.377 e. The second-order valence-electron chi connectivity index (χ2n) is 3.57. The number of imidazole rings is 1. The summed E-state index contributed by atoms with van der Waals surface area (Å²) < 4.78 is 7.45. The first-order valence-electron chi connectivity index (χ1n) is 4.82. The third kappa shape index (κ3) is 2.03. The van der Waals surface area contributed by atoms with Gasteiger partial charge in [0.05, 0.1) is 10.4 Å². The van der Waals surface area contributed by atoms with Crippen LogP contribution < -0.4 is 0 Å². The lowest BCUT2D eigenvalue weighted by molar-refractivity contribution is -0.383. The molecule has 1 aromatic heterocycles. The normalized spacial score (nSPS) is 11.0. The van der Waals surface area contributed by atoms with Crippen LogP contribution in [0, 0.1) is 10.1 Å². The van der Waals surface area contributed by atoms with Crippen LogP contribution in [0.3, 0.4) is 0 Å². The van der Waals surface area contributed by atoms with Crippen LogP contribution in [-0.2, 0) is 18.4 Å². The maximum absolute atomic E-state index is 10.9. The van der Waals surface area contributed by atoms with E-state index in [0.717, 1.165) is 0 Å². The molecule has 6 nitrogen and oxygen atoms in total. The Hall–Kier alpha value is -1.47. The van der Waals surface area contributed by atoms with E-state index in [1.54, 1.807) is 24.8 Å². The van der Waals surface area contributed by atoms with Crippen molar-refractivity contribution in [1.29, 1.82) is 0 Å². The van der Waals surface area contributed by atoms with Crippen LogP contribution in [0.4, 0.5) is 5.69 Å². The second kappa shape index (κ2) is 4.42. The molecule has 0 saturated heterocycles. The van der Waals surface area contributed by atoms with E-state index in [2.05, 4.69) is 20.9 Å². The summed E-state index contributed by atoms with van der Waals surface area (Å²) in [5.41, 5.74) is 1.08. The highest BCUT2D eigenvalue weighted by Crippen LogP contribution is 2.29. The van der Waals surface area contributed by atoms with Gasteiger partial charge in [-0.15, -0.1) is 0 Å². The van der Waals surface area contributed by atoms with Gasteiger partial charge in [0.2, 0.25) is 0 Å². The monoisotopic (exact) mass is 299 g/mol. The quantitative estimate of drug-likeness (QED) is 0.644. The number of nitro benzene ring substituents is 1. The third-order valence-corrected chi connectivity index (χ3v) is 2.95. The summed E-state index contributed by atoms with van der Waals surface area (Å²) in [6.45, 7) is 0.319. The van der Waals surface area contributed by atoms with E-state index in [4.69, 9.17) is 4.74 Å². The van der Waals surface area contributed by atoms with Gasteiger partial charge in [-0.25, -0.2) is 4.98 Å². The van der Waals surface area contributed by atoms with E-state index >= 15 is 0 Å². The van der Waals surface area contributed by atoms with Crippen LogP contribution in [0.1, 0.15) is 5.82 Å². The predicted octanol–water partition coefficient (Wildman–Crippen LogP) is 2.39. The van der Waals surface area contributed by atoms with Crippen molar-refractivity contribution in [1.82, 2.24) is 9.55 Å². The molecular formula is C10H10BrN3O3. The molecule has 1 aromatic carbocycles. The van der Waals surface area contributed by atoms with E-state index < -0.39 is 4.92 Å². The average molecular weight is 300 g/mol. The molecule has 17 heavy (non-hydrogen) atoms. The Kier molecular flexibility index (Phi) is 3.12. The minimum absolute atomic E-state index is 0.00710. The number of nitro groups is 1. The molecular weight excluding hydrogens is 290 g/mol. The van der Waals surface area contributed by atoms with Gasteiger partial charge in [0.25, 0.3) is 5.69 Å². The molecule has 2 rings (SSSR count). The Labute approximate surface area is 105 Å². The Balaban J connectivity index is 2.76. The van der Waals surface area contributed by atoms with Crippen LogP contribution >= 0.6 is 15.9 Å². The Morgan fingerprint density at radius 3 is 2.88 bits per heavy atom. The summed E-state index contributed by atoms with van der Waals surface area (Å²) in [6.07, 6.45) is 0. The number of aryl methyl sites for hydroxylation is 1. The summed E-state index contributed by atoms with van der Waals surface area (Å²) in [6, 6.07) is 3.25. The first-order chi connectivity index (χ1) is 8.04. The van der Waals surface area contributed by atoms with Crippen LogP contribution in [0.15, 0.2) is 16.6 Å². The molecule has 0 aliphatic rings. The molecule has 1 heterocycles. The number of hydrogen-bond donors (Lipinski definition) is 0. The number of ether oxygens (including phenoxy) is 1. The highest BCUT2D eigenvalue weighted by Gasteiger charge is 2.19. The van der Waals surface area contributed by atoms with Crippen molar-refractivity contribution in [3.05, 3.63) is 32.5 Å². The molecule has 0 aliphatic heterocycles. The van der Waals surface area contributed by atoms with E-state index in [-0.39, 0.29) is 5.69 Å². The maximum atomic E-state index is 10.9. The lowest BCUT2D eigenvalue weighted by Crippen LogP contribution is -1.98. The fraction of sp³-hybridized carbons (Fsp3) is 0.300. The summed E-state index contributed by atoms with van der Waals surface area (Å²) in [7, 11) is 3.36. The van der Waals surface area contributed by atoms with Gasteiger partial charge in [0, 0.05) is 24.7 Å². The molecule has 2 aromatic rings.